The molecule has 2 aliphatic heterocycles. The number of aromatic nitrogens is 2. The van der Waals surface area contributed by atoms with E-state index in [1.165, 1.54) is 11.0 Å². The van der Waals surface area contributed by atoms with Gasteiger partial charge in [-0.25, -0.2) is 4.98 Å². The SMILES string of the molecule is CN1C=CC(=O)N(CCCNc2nc(Nc3ccc(N4CCN(C)CC4)cc3C3CC3)ncc2C(F)(F)F)C=C1. The van der Waals surface area contributed by atoms with E-state index < -0.39 is 11.7 Å². The largest absolute Gasteiger partial charge is 0.421 e. The average molecular weight is 557 g/mol. The lowest BCUT2D eigenvalue weighted by Gasteiger charge is -2.34. The first-order chi connectivity index (χ1) is 19.2. The van der Waals surface area contributed by atoms with Crippen LogP contribution in [0.3, 0.4) is 0 Å². The third-order valence-corrected chi connectivity index (χ3v) is 7.35. The van der Waals surface area contributed by atoms with Crippen molar-refractivity contribution in [3.8, 4) is 0 Å². The fourth-order valence-electron chi connectivity index (χ4n) is 4.79. The van der Waals surface area contributed by atoms with Crippen molar-refractivity contribution in [3.63, 3.8) is 0 Å². The zero-order chi connectivity index (χ0) is 28.3. The Bertz CT molecular complexity index is 1270. The minimum atomic E-state index is -4.61. The summed E-state index contributed by atoms with van der Waals surface area (Å²) in [5.74, 6) is 0.0514. The summed E-state index contributed by atoms with van der Waals surface area (Å²) in [6.07, 6.45) is 5.30. The molecule has 0 spiro atoms. The van der Waals surface area contributed by atoms with Gasteiger partial charge in [-0.15, -0.1) is 0 Å². The van der Waals surface area contributed by atoms with Crippen molar-refractivity contribution in [1.82, 2.24) is 24.7 Å². The molecule has 0 radical (unpaired) electrons. The lowest BCUT2D eigenvalue weighted by molar-refractivity contribution is -0.137. The van der Waals surface area contributed by atoms with Crippen molar-refractivity contribution < 1.29 is 18.0 Å². The van der Waals surface area contributed by atoms with Gasteiger partial charge in [-0.1, -0.05) is 0 Å². The van der Waals surface area contributed by atoms with Crippen LogP contribution in [0.5, 0.6) is 0 Å². The summed E-state index contributed by atoms with van der Waals surface area (Å²) < 4.78 is 41.2. The lowest BCUT2D eigenvalue weighted by atomic mass is 10.1. The number of nitrogens with zero attached hydrogens (tertiary/aromatic N) is 6. The molecule has 0 unspecified atom stereocenters. The minimum Gasteiger partial charge on any atom is -0.369 e. The van der Waals surface area contributed by atoms with Crippen molar-refractivity contribution in [3.05, 3.63) is 60.2 Å². The van der Waals surface area contributed by atoms with Gasteiger partial charge in [0.1, 0.15) is 11.4 Å². The predicted octanol–water partition coefficient (Wildman–Crippen LogP) is 4.43. The van der Waals surface area contributed by atoms with Crippen molar-refractivity contribution in [2.45, 2.75) is 31.4 Å². The van der Waals surface area contributed by atoms with Gasteiger partial charge >= 0.3 is 6.18 Å². The van der Waals surface area contributed by atoms with Crippen LogP contribution in [0.4, 0.5) is 36.3 Å². The summed E-state index contributed by atoms with van der Waals surface area (Å²) in [5.41, 5.74) is 2.19. The van der Waals surface area contributed by atoms with Gasteiger partial charge in [-0.05, 0) is 56.0 Å². The molecule has 40 heavy (non-hydrogen) atoms. The summed E-state index contributed by atoms with van der Waals surface area (Å²) >= 11 is 0. The number of carbonyl (C=O) groups excluding carboxylic acids is 1. The van der Waals surface area contributed by atoms with E-state index in [1.54, 1.807) is 30.5 Å². The van der Waals surface area contributed by atoms with Crippen molar-refractivity contribution in [2.75, 3.05) is 68.9 Å². The summed E-state index contributed by atoms with van der Waals surface area (Å²) in [6.45, 7) is 4.48. The molecule has 0 atom stereocenters. The molecular formula is C28H35F3N8O. The molecule has 1 saturated carbocycles. The van der Waals surface area contributed by atoms with Crippen molar-refractivity contribution in [2.24, 2.45) is 0 Å². The van der Waals surface area contributed by atoms with E-state index in [4.69, 9.17) is 0 Å². The molecule has 1 aromatic carbocycles. The van der Waals surface area contributed by atoms with Crippen LogP contribution in [0.15, 0.2) is 49.1 Å². The number of hydrogen-bond donors (Lipinski definition) is 2. The number of nitrogens with one attached hydrogen (secondary N) is 2. The predicted molar refractivity (Wildman–Crippen MR) is 149 cm³/mol. The second kappa shape index (κ2) is 11.7. The maximum atomic E-state index is 13.7. The zero-order valence-corrected chi connectivity index (χ0v) is 22.8. The molecule has 12 heteroatoms. The van der Waals surface area contributed by atoms with Gasteiger partial charge in [0.25, 0.3) is 5.91 Å². The van der Waals surface area contributed by atoms with Crippen molar-refractivity contribution in [1.29, 1.82) is 0 Å². The van der Waals surface area contributed by atoms with Gasteiger partial charge < -0.3 is 30.2 Å². The molecule has 1 aliphatic carbocycles. The molecule has 5 rings (SSSR count). The number of anilines is 4. The van der Waals surface area contributed by atoms with Gasteiger partial charge in [0.15, 0.2) is 0 Å². The summed E-state index contributed by atoms with van der Waals surface area (Å²) in [6, 6.07) is 6.22. The molecule has 0 bridgehead atoms. The third-order valence-electron chi connectivity index (χ3n) is 7.35. The van der Waals surface area contributed by atoms with Gasteiger partial charge in [0.05, 0.1) is 0 Å². The van der Waals surface area contributed by atoms with Crippen LogP contribution in [0.25, 0.3) is 0 Å². The van der Waals surface area contributed by atoms with E-state index in [-0.39, 0.29) is 24.2 Å². The first-order valence-electron chi connectivity index (χ1n) is 13.6. The van der Waals surface area contributed by atoms with Crippen LogP contribution < -0.4 is 15.5 Å². The van der Waals surface area contributed by atoms with Gasteiger partial charge in [0.2, 0.25) is 5.95 Å². The molecular weight excluding hydrogens is 521 g/mol. The highest BCUT2D eigenvalue weighted by Gasteiger charge is 2.35. The number of hydrogen-bond acceptors (Lipinski definition) is 8. The van der Waals surface area contributed by atoms with E-state index >= 15 is 0 Å². The number of halogens is 3. The monoisotopic (exact) mass is 556 g/mol. The van der Waals surface area contributed by atoms with Crippen LogP contribution in [-0.2, 0) is 11.0 Å². The second-order valence-electron chi connectivity index (χ2n) is 10.5. The summed E-state index contributed by atoms with van der Waals surface area (Å²) in [5, 5.41) is 6.00. The molecule has 2 N–H and O–H groups in total. The summed E-state index contributed by atoms with van der Waals surface area (Å²) in [7, 11) is 3.93. The van der Waals surface area contributed by atoms with E-state index in [2.05, 4.69) is 43.5 Å². The van der Waals surface area contributed by atoms with Crippen LogP contribution in [0.2, 0.25) is 0 Å². The molecule has 2 aromatic rings. The molecule has 2 fully saturated rings. The first kappa shape index (κ1) is 27.8. The molecule has 9 nitrogen and oxygen atoms in total. The number of alkyl halides is 3. The number of benzene rings is 1. The number of piperazine rings is 1. The Morgan fingerprint density at radius 1 is 1.05 bits per heavy atom. The highest BCUT2D eigenvalue weighted by Crippen LogP contribution is 2.45. The lowest BCUT2D eigenvalue weighted by Crippen LogP contribution is -2.44. The molecule has 214 valence electrons. The highest BCUT2D eigenvalue weighted by atomic mass is 19.4. The molecule has 1 saturated heterocycles. The Labute approximate surface area is 232 Å². The number of likely N-dealkylation sites (N-methyl/N-ethyl adjacent to an activating group) is 1. The minimum absolute atomic E-state index is 0.101. The standard InChI is InChI=1S/C28H35F3N8O/c1-36-11-8-25(40)39(17-14-36)10-3-9-32-26-23(28(29,30)31)19-33-27(35-26)34-24-7-6-21(18-22(24)20-4-5-20)38-15-12-37(2)13-16-38/h6-8,11,14,17-20H,3-5,9-10,12-13,15-16H2,1-2H3,(H2,32,33,34,35). The fourth-order valence-corrected chi connectivity index (χ4v) is 4.79. The number of amides is 1. The Morgan fingerprint density at radius 2 is 1.82 bits per heavy atom. The topological polar surface area (TPSA) is 79.9 Å². The fraction of sp³-hybridized carbons (Fsp3) is 0.464. The number of carbonyl (C=O) groups is 1. The molecule has 1 aromatic heterocycles. The normalized spacial score (nSPS) is 18.3. The van der Waals surface area contributed by atoms with Crippen LogP contribution in [0, 0.1) is 0 Å². The smallest absolute Gasteiger partial charge is 0.369 e. The maximum absolute atomic E-state index is 13.7. The van der Waals surface area contributed by atoms with Crippen molar-refractivity contribution >= 4 is 29.0 Å². The first-order valence-corrected chi connectivity index (χ1v) is 13.6. The third kappa shape index (κ3) is 6.85. The number of rotatable bonds is 9. The van der Waals surface area contributed by atoms with Gasteiger partial charge in [0, 0.05) is 88.6 Å². The maximum Gasteiger partial charge on any atom is 0.421 e. The highest BCUT2D eigenvalue weighted by molar-refractivity contribution is 5.88. The summed E-state index contributed by atoms with van der Waals surface area (Å²) in [4.78, 5) is 28.4. The Hall–Kier alpha value is -3.80. The van der Waals surface area contributed by atoms with Crippen LogP contribution in [-0.4, -0.2) is 83.9 Å². The van der Waals surface area contributed by atoms with E-state index in [9.17, 15) is 18.0 Å². The Kier molecular flexibility index (Phi) is 8.15. The van der Waals surface area contributed by atoms with E-state index in [1.807, 2.05) is 12.1 Å². The molecule has 3 aliphatic rings. The van der Waals surface area contributed by atoms with E-state index in [0.29, 0.717) is 18.9 Å². The zero-order valence-electron chi connectivity index (χ0n) is 22.8. The average Bonchev–Trinajstić information content (AvgIpc) is 3.78. The molecule has 3 heterocycles. The molecule has 1 amide bonds. The van der Waals surface area contributed by atoms with Crippen LogP contribution in [0.1, 0.15) is 36.3 Å². The Balaban J connectivity index is 1.28. The van der Waals surface area contributed by atoms with Crippen LogP contribution >= 0.6 is 0 Å². The quantitative estimate of drug-likeness (QED) is 0.440. The Morgan fingerprint density at radius 3 is 2.55 bits per heavy atom. The van der Waals surface area contributed by atoms with Gasteiger partial charge in [-0.3, -0.25) is 4.79 Å². The van der Waals surface area contributed by atoms with Gasteiger partial charge in [-0.2, -0.15) is 18.2 Å². The second-order valence-corrected chi connectivity index (χ2v) is 10.5. The van der Waals surface area contributed by atoms with E-state index in [0.717, 1.165) is 62.2 Å².